The van der Waals surface area contributed by atoms with Crippen molar-refractivity contribution in [2.45, 2.75) is 25.8 Å². The molecule has 0 spiro atoms. The Kier molecular flexibility index (Phi) is 5.82. The molecule has 1 aliphatic heterocycles. The van der Waals surface area contributed by atoms with E-state index in [0.717, 1.165) is 32.7 Å². The molecule has 0 aliphatic carbocycles. The second-order valence-corrected chi connectivity index (χ2v) is 8.72. The summed E-state index contributed by atoms with van der Waals surface area (Å²) in [6.07, 6.45) is 1.08. The molecule has 0 bridgehead atoms. The number of hydrogen-bond acceptors (Lipinski definition) is 3. The normalized spacial score (nSPS) is 15.3. The van der Waals surface area contributed by atoms with Crippen molar-refractivity contribution in [2.24, 2.45) is 0 Å². The molecule has 4 aromatic rings. The minimum Gasteiger partial charge on any atom is -0.480 e. The van der Waals surface area contributed by atoms with Crippen LogP contribution in [0.5, 0.6) is 0 Å². The topological polar surface area (TPSA) is 98.7 Å². The SMILES string of the molecule is CC(=O)Nc1ccc2ccccc2c1-c1c(NC(=O)N2CCCC2C(=O)O)ccc2ccccc12. The lowest BCUT2D eigenvalue weighted by Gasteiger charge is -2.24. The second-order valence-electron chi connectivity index (χ2n) is 8.72. The summed E-state index contributed by atoms with van der Waals surface area (Å²) < 4.78 is 0. The second kappa shape index (κ2) is 9.10. The summed E-state index contributed by atoms with van der Waals surface area (Å²) in [5.74, 6) is -1.20. The third-order valence-corrected chi connectivity index (χ3v) is 6.46. The molecule has 5 rings (SSSR count). The number of nitrogens with one attached hydrogen (secondary N) is 2. The van der Waals surface area contributed by atoms with Crippen molar-refractivity contribution >= 4 is 50.8 Å². The summed E-state index contributed by atoms with van der Waals surface area (Å²) in [4.78, 5) is 38.4. The molecule has 1 unspecified atom stereocenters. The van der Waals surface area contributed by atoms with Gasteiger partial charge in [-0.2, -0.15) is 0 Å². The smallest absolute Gasteiger partial charge is 0.326 e. The predicted molar refractivity (Wildman–Crippen MR) is 138 cm³/mol. The molecule has 7 heteroatoms. The average molecular weight is 468 g/mol. The fourth-order valence-corrected chi connectivity index (χ4v) is 4.93. The number of aliphatic carboxylic acids is 1. The number of nitrogens with zero attached hydrogens (tertiary/aromatic N) is 1. The maximum atomic E-state index is 13.3. The van der Waals surface area contributed by atoms with E-state index in [2.05, 4.69) is 10.6 Å². The molecule has 0 saturated carbocycles. The summed E-state index contributed by atoms with van der Waals surface area (Å²) >= 11 is 0. The standard InChI is InChI=1S/C28H25N3O4/c1-17(32)29-22-14-12-18-7-2-4-9-20(18)25(22)26-21-10-5-3-8-19(21)13-15-23(26)30-28(35)31-16-6-11-24(31)27(33)34/h2-5,7-10,12-15,24H,6,11,16H2,1H3,(H,29,32)(H,30,35)(H,33,34). The van der Waals surface area contributed by atoms with Gasteiger partial charge >= 0.3 is 12.0 Å². The van der Waals surface area contributed by atoms with Crippen LogP contribution in [0.4, 0.5) is 16.2 Å². The Morgan fingerprint density at radius 2 is 1.34 bits per heavy atom. The number of amides is 3. The third kappa shape index (κ3) is 4.17. The molecule has 1 saturated heterocycles. The van der Waals surface area contributed by atoms with Gasteiger partial charge in [-0.25, -0.2) is 9.59 Å². The van der Waals surface area contributed by atoms with Gasteiger partial charge in [0.25, 0.3) is 0 Å². The van der Waals surface area contributed by atoms with Crippen molar-refractivity contribution in [1.29, 1.82) is 0 Å². The van der Waals surface area contributed by atoms with E-state index < -0.39 is 18.0 Å². The lowest BCUT2D eigenvalue weighted by atomic mass is 9.91. The summed E-state index contributed by atoms with van der Waals surface area (Å²) in [6, 6.07) is 22.0. The number of carbonyl (C=O) groups excluding carboxylic acids is 2. The molecule has 1 aliphatic rings. The van der Waals surface area contributed by atoms with Gasteiger partial charge in [0.05, 0.1) is 5.69 Å². The van der Waals surface area contributed by atoms with E-state index in [9.17, 15) is 19.5 Å². The van der Waals surface area contributed by atoms with Gasteiger partial charge in [0, 0.05) is 30.3 Å². The number of hydrogen-bond donors (Lipinski definition) is 3. The van der Waals surface area contributed by atoms with Crippen LogP contribution in [0.2, 0.25) is 0 Å². The maximum Gasteiger partial charge on any atom is 0.326 e. The van der Waals surface area contributed by atoms with Gasteiger partial charge in [-0.15, -0.1) is 0 Å². The maximum absolute atomic E-state index is 13.3. The van der Waals surface area contributed by atoms with Crippen LogP contribution >= 0.6 is 0 Å². The highest BCUT2D eigenvalue weighted by Gasteiger charge is 2.34. The van der Waals surface area contributed by atoms with Crippen LogP contribution in [0, 0.1) is 0 Å². The largest absolute Gasteiger partial charge is 0.480 e. The first-order valence-electron chi connectivity index (χ1n) is 11.6. The molecule has 176 valence electrons. The number of urea groups is 1. The number of fused-ring (bicyclic) bond motifs is 2. The zero-order valence-corrected chi connectivity index (χ0v) is 19.2. The molecule has 7 nitrogen and oxygen atoms in total. The molecule has 1 atom stereocenters. The summed E-state index contributed by atoms with van der Waals surface area (Å²) in [7, 11) is 0. The number of likely N-dealkylation sites (tertiary alicyclic amines) is 1. The van der Waals surface area contributed by atoms with Gasteiger partial charge < -0.3 is 20.6 Å². The highest BCUT2D eigenvalue weighted by Crippen LogP contribution is 2.43. The molecule has 1 fully saturated rings. The lowest BCUT2D eigenvalue weighted by molar-refractivity contribution is -0.141. The van der Waals surface area contributed by atoms with Crippen LogP contribution in [0.15, 0.2) is 72.8 Å². The minimum atomic E-state index is -1.00. The van der Waals surface area contributed by atoms with E-state index in [1.807, 2.05) is 72.8 Å². The first kappa shape index (κ1) is 22.4. The zero-order chi connectivity index (χ0) is 24.5. The summed E-state index contributed by atoms with van der Waals surface area (Å²) in [5.41, 5.74) is 2.74. The van der Waals surface area contributed by atoms with E-state index in [0.29, 0.717) is 30.8 Å². The van der Waals surface area contributed by atoms with Gasteiger partial charge in [-0.3, -0.25) is 4.79 Å². The molecular formula is C28H25N3O4. The molecule has 0 aromatic heterocycles. The number of rotatable bonds is 4. The van der Waals surface area contributed by atoms with E-state index in [-0.39, 0.29) is 5.91 Å². The van der Waals surface area contributed by atoms with Gasteiger partial charge in [0.2, 0.25) is 5.91 Å². The van der Waals surface area contributed by atoms with Crippen molar-refractivity contribution in [3.05, 3.63) is 72.8 Å². The van der Waals surface area contributed by atoms with Crippen molar-refractivity contribution in [2.75, 3.05) is 17.2 Å². The van der Waals surface area contributed by atoms with Gasteiger partial charge in [0.15, 0.2) is 0 Å². The number of anilines is 2. The van der Waals surface area contributed by atoms with Gasteiger partial charge in [-0.05, 0) is 46.5 Å². The van der Waals surface area contributed by atoms with E-state index in [1.54, 1.807) is 0 Å². The number of carboxylic acids is 1. The Labute approximate surface area is 202 Å². The van der Waals surface area contributed by atoms with Crippen molar-refractivity contribution in [3.63, 3.8) is 0 Å². The molecule has 3 amide bonds. The van der Waals surface area contributed by atoms with Crippen LogP contribution in [0.3, 0.4) is 0 Å². The van der Waals surface area contributed by atoms with Crippen LogP contribution in [0.1, 0.15) is 19.8 Å². The monoisotopic (exact) mass is 467 g/mol. The Balaban J connectivity index is 1.73. The number of benzene rings is 4. The lowest BCUT2D eigenvalue weighted by Crippen LogP contribution is -2.42. The molecular weight excluding hydrogens is 442 g/mol. The van der Waals surface area contributed by atoms with Crippen LogP contribution in [-0.4, -0.2) is 40.5 Å². The first-order chi connectivity index (χ1) is 16.9. The Hall–Kier alpha value is -4.39. The summed E-state index contributed by atoms with van der Waals surface area (Å²) in [5, 5.41) is 19.3. The van der Waals surface area contributed by atoms with E-state index in [4.69, 9.17) is 0 Å². The third-order valence-electron chi connectivity index (χ3n) is 6.46. The number of carbonyl (C=O) groups is 3. The Morgan fingerprint density at radius 3 is 1.89 bits per heavy atom. The molecule has 3 N–H and O–H groups in total. The van der Waals surface area contributed by atoms with E-state index in [1.165, 1.54) is 11.8 Å². The quantitative estimate of drug-likeness (QED) is 0.359. The predicted octanol–water partition coefficient (Wildman–Crippen LogP) is 5.70. The Bertz CT molecular complexity index is 1480. The van der Waals surface area contributed by atoms with Crippen LogP contribution in [0.25, 0.3) is 32.7 Å². The highest BCUT2D eigenvalue weighted by molar-refractivity contribution is 6.16. The van der Waals surface area contributed by atoms with Crippen molar-refractivity contribution in [1.82, 2.24) is 4.90 Å². The molecule has 1 heterocycles. The first-order valence-corrected chi connectivity index (χ1v) is 11.6. The number of carboxylic acid groups (broad SMARTS) is 1. The minimum absolute atomic E-state index is 0.200. The van der Waals surface area contributed by atoms with Crippen LogP contribution < -0.4 is 10.6 Å². The summed E-state index contributed by atoms with van der Waals surface area (Å²) in [6.45, 7) is 1.85. The van der Waals surface area contributed by atoms with E-state index >= 15 is 0 Å². The molecule has 0 radical (unpaired) electrons. The Morgan fingerprint density at radius 1 is 0.800 bits per heavy atom. The van der Waals surface area contributed by atoms with Crippen molar-refractivity contribution < 1.29 is 19.5 Å². The zero-order valence-electron chi connectivity index (χ0n) is 19.2. The highest BCUT2D eigenvalue weighted by atomic mass is 16.4. The van der Waals surface area contributed by atoms with Crippen molar-refractivity contribution in [3.8, 4) is 11.1 Å². The van der Waals surface area contributed by atoms with Crippen LogP contribution in [-0.2, 0) is 9.59 Å². The van der Waals surface area contributed by atoms with Gasteiger partial charge in [-0.1, -0.05) is 60.7 Å². The van der Waals surface area contributed by atoms with Gasteiger partial charge in [0.1, 0.15) is 6.04 Å². The average Bonchev–Trinajstić information content (AvgIpc) is 3.35. The fraction of sp³-hybridized carbons (Fsp3) is 0.179. The molecule has 35 heavy (non-hydrogen) atoms. The molecule has 4 aromatic carbocycles. The fourth-order valence-electron chi connectivity index (χ4n) is 4.93.